The van der Waals surface area contributed by atoms with E-state index in [2.05, 4.69) is 15.9 Å². The predicted octanol–water partition coefficient (Wildman–Crippen LogP) is 3.89. The summed E-state index contributed by atoms with van der Waals surface area (Å²) in [6, 6.07) is 7.04. The third-order valence-corrected chi connectivity index (χ3v) is 5.68. The maximum absolute atomic E-state index is 13.1. The highest BCUT2D eigenvalue weighted by Crippen LogP contribution is 2.47. The van der Waals surface area contributed by atoms with Crippen molar-refractivity contribution in [1.29, 1.82) is 0 Å². The highest BCUT2D eigenvalue weighted by atomic mass is 79.9. The van der Waals surface area contributed by atoms with Crippen molar-refractivity contribution < 1.29 is 29.0 Å². The average Bonchev–Trinajstić information content (AvgIpc) is 2.63. The third kappa shape index (κ3) is 5.91. The molecule has 30 heavy (non-hydrogen) atoms. The van der Waals surface area contributed by atoms with Crippen LogP contribution in [0.15, 0.2) is 28.7 Å². The fraction of sp³-hybridized carbons (Fsp3) is 0.609. The largest absolute Gasteiger partial charge is 0.465 e. The van der Waals surface area contributed by atoms with Crippen LogP contribution in [0.2, 0.25) is 0 Å². The fourth-order valence-corrected chi connectivity index (χ4v) is 4.04. The first-order valence-electron chi connectivity index (χ1n) is 10.3. The quantitative estimate of drug-likeness (QED) is 0.468. The molecule has 0 unspecified atom stereocenters. The summed E-state index contributed by atoms with van der Waals surface area (Å²) in [6.07, 6.45) is -0.317. The second kappa shape index (κ2) is 10.1. The first-order valence-corrected chi connectivity index (χ1v) is 11.1. The van der Waals surface area contributed by atoms with Crippen LogP contribution < -0.4 is 0 Å². The molecule has 1 fully saturated rings. The Morgan fingerprint density at radius 2 is 1.57 bits per heavy atom. The van der Waals surface area contributed by atoms with Gasteiger partial charge in [-0.15, -0.1) is 0 Å². The summed E-state index contributed by atoms with van der Waals surface area (Å²) < 4.78 is 11.6. The number of ketones is 1. The van der Waals surface area contributed by atoms with Gasteiger partial charge in [0, 0.05) is 16.8 Å². The smallest absolute Gasteiger partial charge is 0.317 e. The Balaban J connectivity index is 2.51. The van der Waals surface area contributed by atoms with Gasteiger partial charge in [-0.05, 0) is 36.5 Å². The summed E-state index contributed by atoms with van der Waals surface area (Å²) in [5.41, 5.74) is -1.04. The molecular weight excluding hydrogens is 452 g/mol. The number of hydrogen-bond donors (Lipinski definition) is 1. The molecule has 0 aromatic heterocycles. The van der Waals surface area contributed by atoms with E-state index in [1.807, 2.05) is 27.7 Å². The summed E-state index contributed by atoms with van der Waals surface area (Å²) in [5, 5.41) is 11.1. The van der Waals surface area contributed by atoms with Gasteiger partial charge in [-0.3, -0.25) is 14.4 Å². The maximum atomic E-state index is 13.1. The van der Waals surface area contributed by atoms with E-state index in [4.69, 9.17) is 9.47 Å². The number of ether oxygens (including phenoxy) is 2. The van der Waals surface area contributed by atoms with Crippen molar-refractivity contribution in [3.05, 3.63) is 34.3 Å². The van der Waals surface area contributed by atoms with E-state index in [0.717, 1.165) is 4.47 Å². The second-order valence-electron chi connectivity index (χ2n) is 9.08. The third-order valence-electron chi connectivity index (χ3n) is 5.15. The molecule has 2 rings (SSSR count). The number of hydrogen-bond acceptors (Lipinski definition) is 6. The van der Waals surface area contributed by atoms with Crippen LogP contribution in [-0.4, -0.2) is 41.6 Å². The van der Waals surface area contributed by atoms with Crippen LogP contribution >= 0.6 is 15.9 Å². The number of halogens is 1. The average molecular weight is 483 g/mol. The van der Waals surface area contributed by atoms with Crippen LogP contribution in [0.3, 0.4) is 0 Å². The van der Waals surface area contributed by atoms with E-state index in [0.29, 0.717) is 5.56 Å². The van der Waals surface area contributed by atoms with E-state index in [1.54, 1.807) is 24.3 Å². The number of rotatable bonds is 7. The molecule has 0 bridgehead atoms. The Morgan fingerprint density at radius 1 is 1.07 bits per heavy atom. The van der Waals surface area contributed by atoms with Gasteiger partial charge in [0.15, 0.2) is 5.78 Å². The molecule has 7 heteroatoms. The first-order chi connectivity index (χ1) is 13.9. The highest BCUT2D eigenvalue weighted by molar-refractivity contribution is 9.10. The second-order valence-corrected chi connectivity index (χ2v) is 10.00. The molecule has 1 aliphatic carbocycles. The summed E-state index contributed by atoms with van der Waals surface area (Å²) >= 11 is 3.37. The van der Waals surface area contributed by atoms with Crippen LogP contribution in [-0.2, 0) is 23.9 Å². The van der Waals surface area contributed by atoms with Gasteiger partial charge in [-0.2, -0.15) is 0 Å². The number of Topliss-reactive ketones (excluding diaryl/α,β-unsaturated/α-hetero) is 1. The lowest BCUT2D eigenvalue weighted by Crippen LogP contribution is -2.55. The van der Waals surface area contributed by atoms with Crippen LogP contribution in [0.5, 0.6) is 0 Å². The Labute approximate surface area is 186 Å². The fourth-order valence-electron chi connectivity index (χ4n) is 3.78. The molecule has 0 radical (unpaired) electrons. The summed E-state index contributed by atoms with van der Waals surface area (Å²) in [4.78, 5) is 38.9. The minimum Gasteiger partial charge on any atom is -0.465 e. The molecule has 0 heterocycles. The van der Waals surface area contributed by atoms with E-state index in [1.165, 1.54) is 6.92 Å². The predicted molar refractivity (Wildman–Crippen MR) is 116 cm³/mol. The molecule has 4 atom stereocenters. The zero-order valence-electron chi connectivity index (χ0n) is 18.2. The maximum Gasteiger partial charge on any atom is 0.317 e. The Hall–Kier alpha value is -1.73. The number of esters is 2. The molecule has 1 aromatic carbocycles. The van der Waals surface area contributed by atoms with E-state index in [-0.39, 0.29) is 31.5 Å². The summed E-state index contributed by atoms with van der Waals surface area (Å²) in [5.74, 6) is -4.64. The molecule has 0 saturated heterocycles. The molecule has 166 valence electrons. The van der Waals surface area contributed by atoms with Gasteiger partial charge in [-0.1, -0.05) is 55.8 Å². The monoisotopic (exact) mass is 482 g/mol. The molecule has 0 aliphatic heterocycles. The van der Waals surface area contributed by atoms with Crippen LogP contribution in [0.4, 0.5) is 0 Å². The molecule has 0 spiro atoms. The van der Waals surface area contributed by atoms with Gasteiger partial charge < -0.3 is 14.6 Å². The van der Waals surface area contributed by atoms with Crippen molar-refractivity contribution >= 4 is 33.7 Å². The van der Waals surface area contributed by atoms with E-state index in [9.17, 15) is 19.5 Å². The number of carbonyl (C=O) groups excluding carboxylic acids is 3. The van der Waals surface area contributed by atoms with Gasteiger partial charge >= 0.3 is 11.9 Å². The van der Waals surface area contributed by atoms with Gasteiger partial charge in [0.25, 0.3) is 0 Å². The van der Waals surface area contributed by atoms with Crippen LogP contribution in [0.1, 0.15) is 52.5 Å². The van der Waals surface area contributed by atoms with E-state index >= 15 is 0 Å². The topological polar surface area (TPSA) is 89.9 Å². The Bertz CT molecular complexity index is 768. The number of aliphatic hydroxyl groups is 1. The van der Waals surface area contributed by atoms with Crippen molar-refractivity contribution in [1.82, 2.24) is 0 Å². The Kier molecular flexibility index (Phi) is 8.22. The van der Waals surface area contributed by atoms with Crippen molar-refractivity contribution in [3.63, 3.8) is 0 Å². The lowest BCUT2D eigenvalue weighted by Gasteiger charge is -2.43. The zero-order chi connectivity index (χ0) is 22.6. The molecule has 1 aliphatic rings. The van der Waals surface area contributed by atoms with Gasteiger partial charge in [-0.25, -0.2) is 0 Å². The number of carbonyl (C=O) groups is 3. The van der Waals surface area contributed by atoms with Crippen molar-refractivity contribution in [2.45, 2.75) is 52.6 Å². The molecular formula is C23H31BrO6. The van der Waals surface area contributed by atoms with E-state index < -0.39 is 41.1 Å². The van der Waals surface area contributed by atoms with Gasteiger partial charge in [0.2, 0.25) is 0 Å². The molecule has 1 saturated carbocycles. The molecule has 0 amide bonds. The summed E-state index contributed by atoms with van der Waals surface area (Å²) in [7, 11) is 0. The minimum absolute atomic E-state index is 0.105. The normalized spacial score (nSPS) is 26.7. The lowest BCUT2D eigenvalue weighted by molar-refractivity contribution is -0.173. The van der Waals surface area contributed by atoms with Crippen LogP contribution in [0.25, 0.3) is 0 Å². The standard InChI is InChI=1S/C23H31BrO6/c1-13(2)11-29-21(26)19-17(25)10-23(5,28)20(22(27)30-12-14(3)4)18(19)15-6-8-16(24)9-7-15/h6-9,13-14,18-20,28H,10-12H2,1-5H3/t18-,19-,20+,23-/m1/s1. The van der Waals surface area contributed by atoms with Gasteiger partial charge in [0.05, 0.1) is 24.7 Å². The molecule has 6 nitrogen and oxygen atoms in total. The lowest BCUT2D eigenvalue weighted by atomic mass is 9.62. The van der Waals surface area contributed by atoms with Crippen molar-refractivity contribution in [2.75, 3.05) is 13.2 Å². The highest BCUT2D eigenvalue weighted by Gasteiger charge is 2.57. The van der Waals surface area contributed by atoms with Crippen LogP contribution in [0, 0.1) is 23.7 Å². The zero-order valence-corrected chi connectivity index (χ0v) is 19.8. The Morgan fingerprint density at radius 3 is 2.07 bits per heavy atom. The van der Waals surface area contributed by atoms with Crippen molar-refractivity contribution in [3.8, 4) is 0 Å². The molecule has 1 aromatic rings. The minimum atomic E-state index is -1.64. The summed E-state index contributed by atoms with van der Waals surface area (Å²) in [6.45, 7) is 9.44. The SMILES string of the molecule is CC(C)COC(=O)[C@@H]1C(=O)C[C@@](C)(O)[C@H](C(=O)OCC(C)C)[C@@H]1c1ccc(Br)cc1. The molecule has 1 N–H and O–H groups in total. The van der Waals surface area contributed by atoms with Crippen molar-refractivity contribution in [2.24, 2.45) is 23.7 Å². The van der Waals surface area contributed by atoms with Gasteiger partial charge in [0.1, 0.15) is 5.92 Å². The first kappa shape index (κ1) is 24.5. The number of benzene rings is 1.